The molecule has 0 unspecified atom stereocenters. The molecule has 0 bridgehead atoms. The van der Waals surface area contributed by atoms with Crippen LogP contribution in [0.15, 0.2) is 48.0 Å². The smallest absolute Gasteiger partial charge is 0.265 e. The molecular weight excluding hydrogens is 409 g/mol. The average molecular weight is 431 g/mol. The van der Waals surface area contributed by atoms with E-state index in [0.29, 0.717) is 11.3 Å². The van der Waals surface area contributed by atoms with E-state index in [4.69, 9.17) is 4.74 Å². The minimum Gasteiger partial charge on any atom is -0.487 e. The first kappa shape index (κ1) is 20.3. The van der Waals surface area contributed by atoms with Crippen LogP contribution in [-0.4, -0.2) is 34.2 Å². The molecule has 1 aliphatic carbocycles. The molecule has 8 nitrogen and oxygen atoms in total. The first-order chi connectivity index (χ1) is 14.3. The predicted molar refractivity (Wildman–Crippen MR) is 108 cm³/mol. The highest BCUT2D eigenvalue weighted by Crippen LogP contribution is 2.46. The number of nitrogens with zero attached hydrogens (tertiary/aromatic N) is 3. The molecule has 1 saturated carbocycles. The third-order valence-corrected chi connectivity index (χ3v) is 6.88. The summed E-state index contributed by atoms with van der Waals surface area (Å²) in [5.41, 5.74) is 1.03. The molecule has 158 valence electrons. The number of sulfonamides is 1. The van der Waals surface area contributed by atoms with Crippen molar-refractivity contribution >= 4 is 15.8 Å². The zero-order valence-electron chi connectivity index (χ0n) is 16.6. The molecule has 1 fully saturated rings. The van der Waals surface area contributed by atoms with Crippen LogP contribution in [0.25, 0.3) is 0 Å². The minimum atomic E-state index is -4.16. The molecule has 3 aromatic rings. The molecule has 1 aromatic carbocycles. The Hall–Kier alpha value is -3.01. The summed E-state index contributed by atoms with van der Waals surface area (Å²) in [6.45, 7) is 3.69. The largest absolute Gasteiger partial charge is 0.487 e. The lowest BCUT2D eigenvalue weighted by molar-refractivity contribution is 0.0765. The second-order valence-corrected chi connectivity index (χ2v) is 9.29. The minimum absolute atomic E-state index is 0.0591. The van der Waals surface area contributed by atoms with Gasteiger partial charge in [-0.2, -0.15) is 5.10 Å². The van der Waals surface area contributed by atoms with E-state index < -0.39 is 26.3 Å². The molecule has 0 spiro atoms. The van der Waals surface area contributed by atoms with Gasteiger partial charge in [0, 0.05) is 24.4 Å². The molecule has 2 heterocycles. The average Bonchev–Trinajstić information content (AvgIpc) is 3.34. The number of benzene rings is 1. The van der Waals surface area contributed by atoms with E-state index in [9.17, 15) is 12.8 Å². The molecule has 0 amide bonds. The van der Waals surface area contributed by atoms with Gasteiger partial charge in [-0.05, 0) is 56.4 Å². The maximum atomic E-state index is 14.9. The molecule has 4 rings (SSSR count). The van der Waals surface area contributed by atoms with Crippen LogP contribution in [0.2, 0.25) is 0 Å². The van der Waals surface area contributed by atoms with Crippen molar-refractivity contribution in [2.75, 3.05) is 4.72 Å². The molecule has 2 N–H and O–H groups in total. The zero-order valence-corrected chi connectivity index (χ0v) is 17.4. The van der Waals surface area contributed by atoms with Gasteiger partial charge in [0.1, 0.15) is 34.2 Å². The normalized spacial score (nSPS) is 21.5. The lowest BCUT2D eigenvalue weighted by Crippen LogP contribution is -2.35. The van der Waals surface area contributed by atoms with E-state index in [2.05, 4.69) is 24.9 Å². The van der Waals surface area contributed by atoms with Crippen LogP contribution in [0.1, 0.15) is 43.2 Å². The molecule has 0 radical (unpaired) electrons. The van der Waals surface area contributed by atoms with Crippen LogP contribution in [0.4, 0.5) is 10.2 Å². The molecule has 2 aromatic heterocycles. The van der Waals surface area contributed by atoms with E-state index in [1.807, 2.05) is 13.1 Å². The molecule has 1 aliphatic rings. The number of aromatic nitrogens is 4. The van der Waals surface area contributed by atoms with Crippen LogP contribution < -0.4 is 9.46 Å². The molecule has 0 aliphatic heterocycles. The number of halogens is 1. The third-order valence-electron chi connectivity index (χ3n) is 5.51. The first-order valence-electron chi connectivity index (χ1n) is 9.55. The number of rotatable bonds is 6. The van der Waals surface area contributed by atoms with Crippen LogP contribution in [0, 0.1) is 12.7 Å². The SMILES string of the molecule is Cc1cc(S(=O)(=O)Nc2ccncn2)c(F)cc1O[C@]1(C)CCC[C@@H]1c1cn[nH]c1. The van der Waals surface area contributed by atoms with Gasteiger partial charge in [0.25, 0.3) is 10.0 Å². The van der Waals surface area contributed by atoms with E-state index in [1.54, 1.807) is 13.1 Å². The Morgan fingerprint density at radius 3 is 2.90 bits per heavy atom. The number of anilines is 1. The molecule has 30 heavy (non-hydrogen) atoms. The number of H-pyrrole nitrogens is 1. The Morgan fingerprint density at radius 1 is 1.37 bits per heavy atom. The summed E-state index contributed by atoms with van der Waals surface area (Å²) >= 11 is 0. The number of ether oxygens (including phenoxy) is 1. The first-order valence-corrected chi connectivity index (χ1v) is 11.0. The van der Waals surface area contributed by atoms with E-state index in [0.717, 1.165) is 30.9 Å². The van der Waals surface area contributed by atoms with Crippen LogP contribution in [0.3, 0.4) is 0 Å². The monoisotopic (exact) mass is 431 g/mol. The Bertz CT molecular complexity index is 1140. The number of nitrogens with one attached hydrogen (secondary N) is 2. The molecular formula is C20H22FN5O3S. The van der Waals surface area contributed by atoms with Gasteiger partial charge < -0.3 is 4.74 Å². The predicted octanol–water partition coefficient (Wildman–Crippen LogP) is 3.55. The fraction of sp³-hybridized carbons (Fsp3) is 0.350. The van der Waals surface area contributed by atoms with Crippen molar-refractivity contribution in [1.82, 2.24) is 20.2 Å². The van der Waals surface area contributed by atoms with Gasteiger partial charge in [-0.3, -0.25) is 9.82 Å². The fourth-order valence-corrected chi connectivity index (χ4v) is 5.13. The van der Waals surface area contributed by atoms with Crippen molar-refractivity contribution in [2.45, 2.75) is 49.5 Å². The number of hydrogen-bond donors (Lipinski definition) is 2. The summed E-state index contributed by atoms with van der Waals surface area (Å²) in [4.78, 5) is 7.08. The number of aryl methyl sites for hydroxylation is 1. The Labute approximate surface area is 174 Å². The second-order valence-electron chi connectivity index (χ2n) is 7.64. The van der Waals surface area contributed by atoms with Gasteiger partial charge in [0.2, 0.25) is 0 Å². The fourth-order valence-electron chi connectivity index (χ4n) is 3.98. The summed E-state index contributed by atoms with van der Waals surface area (Å²) in [5, 5.41) is 6.85. The van der Waals surface area contributed by atoms with Gasteiger partial charge in [-0.15, -0.1) is 0 Å². The van der Waals surface area contributed by atoms with E-state index >= 15 is 0 Å². The van der Waals surface area contributed by atoms with Crippen LogP contribution in [-0.2, 0) is 10.0 Å². The topological polar surface area (TPSA) is 110 Å². The summed E-state index contributed by atoms with van der Waals surface area (Å²) in [6.07, 6.45) is 8.94. The Kier molecular flexibility index (Phi) is 5.19. The van der Waals surface area contributed by atoms with E-state index in [1.165, 1.54) is 24.7 Å². The molecule has 2 atom stereocenters. The highest BCUT2D eigenvalue weighted by molar-refractivity contribution is 7.92. The highest BCUT2D eigenvalue weighted by atomic mass is 32.2. The van der Waals surface area contributed by atoms with Gasteiger partial charge in [-0.1, -0.05) is 0 Å². The third kappa shape index (κ3) is 3.87. The maximum absolute atomic E-state index is 14.9. The lowest BCUT2D eigenvalue weighted by atomic mass is 9.88. The second kappa shape index (κ2) is 7.67. The van der Waals surface area contributed by atoms with Gasteiger partial charge in [0.15, 0.2) is 0 Å². The van der Waals surface area contributed by atoms with Gasteiger partial charge >= 0.3 is 0 Å². The Morgan fingerprint density at radius 2 is 2.20 bits per heavy atom. The summed E-state index contributed by atoms with van der Waals surface area (Å²) < 4.78 is 48.7. The zero-order chi connectivity index (χ0) is 21.4. The molecule has 0 saturated heterocycles. The van der Waals surface area contributed by atoms with Crippen molar-refractivity contribution in [3.8, 4) is 5.75 Å². The van der Waals surface area contributed by atoms with Gasteiger partial charge in [-0.25, -0.2) is 22.8 Å². The van der Waals surface area contributed by atoms with E-state index in [-0.39, 0.29) is 11.7 Å². The van der Waals surface area contributed by atoms with Crippen molar-refractivity contribution in [3.05, 3.63) is 60.1 Å². The van der Waals surface area contributed by atoms with Crippen LogP contribution in [0.5, 0.6) is 5.75 Å². The van der Waals surface area contributed by atoms with Crippen molar-refractivity contribution in [2.24, 2.45) is 0 Å². The quantitative estimate of drug-likeness (QED) is 0.618. The van der Waals surface area contributed by atoms with Gasteiger partial charge in [0.05, 0.1) is 6.20 Å². The lowest BCUT2D eigenvalue weighted by Gasteiger charge is -2.33. The van der Waals surface area contributed by atoms with Crippen molar-refractivity contribution in [3.63, 3.8) is 0 Å². The summed E-state index contributed by atoms with van der Waals surface area (Å²) in [5.74, 6) is -0.393. The molecule has 10 heteroatoms. The standard InChI is InChI=1S/C20H22FN5O3S/c1-13-8-18(30(27,28)26-19-5-7-22-12-23-19)16(21)9-17(13)29-20(2)6-3-4-15(20)14-10-24-25-11-14/h5,7-12,15H,3-4,6H2,1-2H3,(H,24,25)(H,22,23,26)/t15-,20-/m1/s1. The highest BCUT2D eigenvalue weighted by Gasteiger charge is 2.42. The van der Waals surface area contributed by atoms with Crippen molar-refractivity contribution in [1.29, 1.82) is 0 Å². The number of aromatic amines is 1. The maximum Gasteiger partial charge on any atom is 0.265 e. The summed E-state index contributed by atoms with van der Waals surface area (Å²) in [6, 6.07) is 3.80. The summed E-state index contributed by atoms with van der Waals surface area (Å²) in [7, 11) is -4.16. The Balaban J connectivity index is 1.61. The number of hydrogen-bond acceptors (Lipinski definition) is 6. The van der Waals surface area contributed by atoms with Crippen molar-refractivity contribution < 1.29 is 17.5 Å². The van der Waals surface area contributed by atoms with Crippen LogP contribution >= 0.6 is 0 Å².